The number of nitriles is 1. The Morgan fingerprint density at radius 2 is 2.22 bits per heavy atom. The minimum atomic E-state index is -0.405. The molecule has 7 nitrogen and oxygen atoms in total. The van der Waals surface area contributed by atoms with E-state index in [0.717, 1.165) is 4.88 Å². The molecule has 3 heterocycles. The van der Waals surface area contributed by atoms with Crippen LogP contribution in [0.15, 0.2) is 56.9 Å². The van der Waals surface area contributed by atoms with Gasteiger partial charge < -0.3 is 19.6 Å². The smallest absolute Gasteiger partial charge is 0.292 e. The number of halogens is 1. The number of nitrogens with one attached hydrogen (secondary N) is 1. The number of phenols is 1. The van der Waals surface area contributed by atoms with Gasteiger partial charge in [0.1, 0.15) is 21.8 Å². The lowest BCUT2D eigenvalue weighted by Crippen LogP contribution is -2.10. The number of ether oxygens (including phenoxy) is 1. The Hall–Kier alpha value is -3.39. The Labute approximate surface area is 199 Å². The number of allylic oxidation sites excluding steroid dienone is 1. The number of carbonyl (C=O) groups is 1. The number of rotatable bonds is 6. The second-order valence-corrected chi connectivity index (χ2v) is 9.13. The highest BCUT2D eigenvalue weighted by molar-refractivity contribution is 9.10. The molecule has 0 saturated heterocycles. The number of hydrogen-bond donors (Lipinski definition) is 2. The van der Waals surface area contributed by atoms with Crippen molar-refractivity contribution in [2.75, 3.05) is 12.4 Å². The Balaban J connectivity index is 1.76. The lowest BCUT2D eigenvalue weighted by atomic mass is 10.1. The summed E-state index contributed by atoms with van der Waals surface area (Å²) in [6.45, 7) is 0. The van der Waals surface area contributed by atoms with Crippen LogP contribution in [0, 0.1) is 11.3 Å². The molecule has 0 atom stereocenters. The summed E-state index contributed by atoms with van der Waals surface area (Å²) < 4.78 is 10.8. The van der Waals surface area contributed by atoms with Gasteiger partial charge in [-0.1, -0.05) is 17.4 Å². The molecule has 1 aromatic carbocycles. The molecule has 0 fully saturated rings. The fraction of sp³-hybridized carbons (Fsp3) is 0.0455. The van der Waals surface area contributed by atoms with Crippen LogP contribution < -0.4 is 10.1 Å². The van der Waals surface area contributed by atoms with Crippen molar-refractivity contribution in [3.05, 3.63) is 68.8 Å². The highest BCUT2D eigenvalue weighted by Gasteiger charge is 2.20. The number of phenolic OH excluding ortho intramolecular Hbond substituents is 1. The van der Waals surface area contributed by atoms with E-state index in [9.17, 15) is 15.2 Å². The van der Waals surface area contributed by atoms with Crippen molar-refractivity contribution in [1.82, 2.24) is 4.98 Å². The molecule has 0 aliphatic carbocycles. The Morgan fingerprint density at radius 3 is 2.88 bits per heavy atom. The average molecular weight is 528 g/mol. The van der Waals surface area contributed by atoms with E-state index in [1.54, 1.807) is 30.3 Å². The van der Waals surface area contributed by atoms with Gasteiger partial charge in [0.25, 0.3) is 5.91 Å². The van der Waals surface area contributed by atoms with Gasteiger partial charge in [-0.2, -0.15) is 5.26 Å². The molecule has 4 rings (SSSR count). The highest BCUT2D eigenvalue weighted by atomic mass is 79.9. The molecule has 0 spiro atoms. The van der Waals surface area contributed by atoms with Crippen molar-refractivity contribution in [2.24, 2.45) is 0 Å². The largest absolute Gasteiger partial charge is 0.503 e. The number of aromatic hydroxyl groups is 1. The van der Waals surface area contributed by atoms with Crippen molar-refractivity contribution in [2.45, 2.75) is 0 Å². The number of carbonyl (C=O) groups excluding carboxylic acids is 1. The predicted octanol–water partition coefficient (Wildman–Crippen LogP) is 6.26. The number of nitrogens with zero attached hydrogens (tertiary/aromatic N) is 2. The lowest BCUT2D eigenvalue weighted by molar-refractivity contribution is 0.0997. The summed E-state index contributed by atoms with van der Waals surface area (Å²) in [6, 6.07) is 12.4. The van der Waals surface area contributed by atoms with E-state index >= 15 is 0 Å². The lowest BCUT2D eigenvalue weighted by Gasteiger charge is -2.06. The number of thiazole rings is 1. The maximum absolute atomic E-state index is 12.5. The molecule has 0 bridgehead atoms. The number of anilines is 1. The Kier molecular flexibility index (Phi) is 6.41. The molecular weight excluding hydrogens is 514 g/mol. The molecule has 0 aliphatic heterocycles. The second-order valence-electron chi connectivity index (χ2n) is 6.33. The van der Waals surface area contributed by atoms with E-state index in [1.807, 2.05) is 17.5 Å². The first-order chi connectivity index (χ1) is 15.5. The summed E-state index contributed by atoms with van der Waals surface area (Å²) in [5, 5.41) is 25.5. The van der Waals surface area contributed by atoms with Crippen molar-refractivity contribution in [1.29, 1.82) is 5.26 Å². The highest BCUT2D eigenvalue weighted by Crippen LogP contribution is 2.40. The minimum absolute atomic E-state index is 0.0275. The van der Waals surface area contributed by atoms with Crippen LogP contribution in [0.3, 0.4) is 0 Å². The zero-order chi connectivity index (χ0) is 22.7. The molecule has 0 saturated carbocycles. The summed E-state index contributed by atoms with van der Waals surface area (Å²) in [7, 11) is 1.45. The van der Waals surface area contributed by atoms with Crippen LogP contribution in [0.1, 0.15) is 21.1 Å². The molecule has 2 N–H and O–H groups in total. The van der Waals surface area contributed by atoms with Crippen molar-refractivity contribution >= 4 is 61.2 Å². The van der Waals surface area contributed by atoms with Crippen LogP contribution >= 0.6 is 38.6 Å². The molecule has 10 heteroatoms. The summed E-state index contributed by atoms with van der Waals surface area (Å²) in [4.78, 5) is 18.0. The number of aromatic nitrogens is 1. The zero-order valence-corrected chi connectivity index (χ0v) is 19.7. The molecule has 160 valence electrons. The van der Waals surface area contributed by atoms with Crippen molar-refractivity contribution in [3.8, 4) is 28.1 Å². The quantitative estimate of drug-likeness (QED) is 0.286. The number of hydrogen-bond acceptors (Lipinski definition) is 8. The van der Waals surface area contributed by atoms with E-state index in [4.69, 9.17) is 9.15 Å². The molecule has 0 aliphatic rings. The van der Waals surface area contributed by atoms with Gasteiger partial charge in [-0.05, 0) is 63.3 Å². The monoisotopic (exact) mass is 527 g/mol. The van der Waals surface area contributed by atoms with E-state index in [0.29, 0.717) is 31.3 Å². The fourth-order valence-electron chi connectivity index (χ4n) is 2.81. The summed E-state index contributed by atoms with van der Waals surface area (Å²) >= 11 is 5.95. The van der Waals surface area contributed by atoms with E-state index in [-0.39, 0.29) is 17.3 Å². The van der Waals surface area contributed by atoms with Crippen LogP contribution in [-0.4, -0.2) is 23.1 Å². The Morgan fingerprint density at radius 1 is 1.38 bits per heavy atom. The maximum Gasteiger partial charge on any atom is 0.292 e. The first-order valence-corrected chi connectivity index (χ1v) is 11.6. The molecule has 3 aromatic heterocycles. The summed E-state index contributed by atoms with van der Waals surface area (Å²) in [5.41, 5.74) is 1.51. The van der Waals surface area contributed by atoms with Gasteiger partial charge in [0, 0.05) is 0 Å². The van der Waals surface area contributed by atoms with Gasteiger partial charge in [0.15, 0.2) is 17.3 Å². The number of furan rings is 1. The normalized spacial score (nSPS) is 11.2. The second kappa shape index (κ2) is 9.40. The molecular formula is C22H14BrN3O4S2. The molecule has 0 radical (unpaired) electrons. The number of thiophene rings is 1. The van der Waals surface area contributed by atoms with Gasteiger partial charge in [0.05, 0.1) is 28.3 Å². The van der Waals surface area contributed by atoms with Crippen LogP contribution in [0.2, 0.25) is 0 Å². The average Bonchev–Trinajstić information content (AvgIpc) is 3.55. The van der Waals surface area contributed by atoms with Crippen molar-refractivity contribution in [3.63, 3.8) is 0 Å². The third-order valence-corrected chi connectivity index (χ3v) is 6.77. The molecule has 32 heavy (non-hydrogen) atoms. The van der Waals surface area contributed by atoms with E-state index in [1.165, 1.54) is 36.0 Å². The third kappa shape index (κ3) is 4.45. The topological polar surface area (TPSA) is 108 Å². The van der Waals surface area contributed by atoms with E-state index in [2.05, 4.69) is 32.3 Å². The maximum atomic E-state index is 12.5. The summed E-state index contributed by atoms with van der Waals surface area (Å²) in [6.07, 6.45) is 3.07. The predicted molar refractivity (Wildman–Crippen MR) is 128 cm³/mol. The van der Waals surface area contributed by atoms with Crippen LogP contribution in [0.25, 0.3) is 22.2 Å². The number of methoxy groups -OCH3 is 1. The number of amides is 1. The van der Waals surface area contributed by atoms with Gasteiger partial charge >= 0.3 is 0 Å². The first-order valence-electron chi connectivity index (χ1n) is 9.08. The molecule has 4 aromatic rings. The minimum Gasteiger partial charge on any atom is -0.503 e. The summed E-state index contributed by atoms with van der Waals surface area (Å²) in [5.74, 6) is 0.0138. The van der Waals surface area contributed by atoms with Crippen molar-refractivity contribution < 1.29 is 19.1 Å². The van der Waals surface area contributed by atoms with Crippen LogP contribution in [0.5, 0.6) is 11.5 Å². The van der Waals surface area contributed by atoms with Gasteiger partial charge in [0.2, 0.25) is 0 Å². The Bertz CT molecular complexity index is 1340. The van der Waals surface area contributed by atoms with Crippen LogP contribution in [-0.2, 0) is 0 Å². The third-order valence-electron chi connectivity index (χ3n) is 4.29. The van der Waals surface area contributed by atoms with Gasteiger partial charge in [-0.15, -0.1) is 11.3 Å². The zero-order valence-electron chi connectivity index (χ0n) is 16.5. The van der Waals surface area contributed by atoms with E-state index < -0.39 is 5.91 Å². The molecule has 1 amide bonds. The number of benzene rings is 1. The van der Waals surface area contributed by atoms with Gasteiger partial charge in [-0.25, -0.2) is 4.98 Å². The standard InChI is InChI=1S/C22H14BrN3O4S2/c1-29-16-10-12(9-14(23)19(16)27)8-13(11-24)21-25-18(17-5-3-7-31-17)22(32-21)26-20(28)15-4-2-6-30-15/h2-10,27H,1H3,(H,26,28). The molecule has 0 unspecified atom stereocenters. The fourth-order valence-corrected chi connectivity index (χ4v) is 5.00. The van der Waals surface area contributed by atoms with Gasteiger partial charge in [-0.3, -0.25) is 4.79 Å². The SMILES string of the molecule is COc1cc(C=C(C#N)c2nc(-c3cccs3)c(NC(=O)c3ccco3)s2)cc(Br)c1O. The van der Waals surface area contributed by atoms with Crippen LogP contribution in [0.4, 0.5) is 5.00 Å². The first kappa shape index (κ1) is 21.8.